The lowest BCUT2D eigenvalue weighted by molar-refractivity contribution is -0.135. The molecule has 0 saturated carbocycles. The Balaban J connectivity index is 1.59. The van der Waals surface area contributed by atoms with E-state index in [0.717, 1.165) is 22.3 Å². The highest BCUT2D eigenvalue weighted by atomic mass is 16.5. The summed E-state index contributed by atoms with van der Waals surface area (Å²) in [4.78, 5) is 25.4. The minimum absolute atomic E-state index is 0.201. The van der Waals surface area contributed by atoms with Crippen molar-refractivity contribution in [2.45, 2.75) is 32.3 Å². The molecular formula is C27H31BN2O5. The van der Waals surface area contributed by atoms with Gasteiger partial charge in [-0.2, -0.15) is 0 Å². The summed E-state index contributed by atoms with van der Waals surface area (Å²) in [6, 6.07) is 24.5. The summed E-state index contributed by atoms with van der Waals surface area (Å²) in [7, 11) is -0.211. The number of methoxy groups -OCH3 is 1. The van der Waals surface area contributed by atoms with Gasteiger partial charge in [-0.25, -0.2) is 0 Å². The second-order valence-corrected chi connectivity index (χ2v) is 8.52. The third-order valence-corrected chi connectivity index (χ3v) is 5.94. The highest BCUT2D eigenvalue weighted by Gasteiger charge is 2.30. The summed E-state index contributed by atoms with van der Waals surface area (Å²) in [5, 5.41) is 25.1. The van der Waals surface area contributed by atoms with Crippen LogP contribution in [0.4, 0.5) is 0 Å². The average Bonchev–Trinajstić information content (AvgIpc) is 2.88. The molecule has 3 atom stereocenters. The first-order valence-electron chi connectivity index (χ1n) is 11.5. The molecule has 2 amide bonds. The molecule has 2 unspecified atom stereocenters. The van der Waals surface area contributed by atoms with Crippen molar-refractivity contribution in [3.63, 3.8) is 0 Å². The quantitative estimate of drug-likeness (QED) is 0.267. The monoisotopic (exact) mass is 474 g/mol. The first kappa shape index (κ1) is 26.0. The van der Waals surface area contributed by atoms with Crippen LogP contribution in [0.25, 0.3) is 11.1 Å². The van der Waals surface area contributed by atoms with Gasteiger partial charge >= 0.3 is 7.12 Å². The van der Waals surface area contributed by atoms with Gasteiger partial charge in [0.2, 0.25) is 11.8 Å². The molecule has 0 heterocycles. The molecule has 0 saturated heterocycles. The molecule has 4 N–H and O–H groups in total. The Bertz CT molecular complexity index is 1120. The number of benzene rings is 3. The number of carbonyl (C=O) groups excluding carboxylic acids is 2. The highest BCUT2D eigenvalue weighted by molar-refractivity contribution is 6.43. The van der Waals surface area contributed by atoms with Gasteiger partial charge in [0.05, 0.1) is 19.1 Å². The van der Waals surface area contributed by atoms with Crippen molar-refractivity contribution in [3.8, 4) is 16.9 Å². The maximum atomic E-state index is 12.7. The van der Waals surface area contributed by atoms with Crippen molar-refractivity contribution in [2.24, 2.45) is 5.92 Å². The molecule has 0 radical (unpaired) electrons. The molecule has 0 aliphatic rings. The van der Waals surface area contributed by atoms with Crippen LogP contribution in [0.2, 0.25) is 0 Å². The molecule has 0 spiro atoms. The van der Waals surface area contributed by atoms with Crippen LogP contribution < -0.4 is 15.4 Å². The molecule has 8 heteroatoms. The lowest BCUT2D eigenvalue weighted by atomic mass is 9.75. The maximum Gasteiger partial charge on any atom is 0.475 e. The van der Waals surface area contributed by atoms with Gasteiger partial charge in [-0.05, 0) is 54.7 Å². The van der Waals surface area contributed by atoms with E-state index in [1.165, 1.54) is 6.92 Å². The summed E-state index contributed by atoms with van der Waals surface area (Å²) in [5.74, 6) is -2.36. The summed E-state index contributed by atoms with van der Waals surface area (Å²) < 4.78 is 5.22. The van der Waals surface area contributed by atoms with Gasteiger partial charge in [-0.15, -0.1) is 0 Å². The number of nitrogens with one attached hydrogen (secondary N) is 2. The molecule has 3 aromatic rings. The predicted molar refractivity (Wildman–Crippen MR) is 136 cm³/mol. The van der Waals surface area contributed by atoms with Gasteiger partial charge in [0, 0.05) is 0 Å². The number of hydrogen-bond donors (Lipinski definition) is 4. The Labute approximate surface area is 206 Å². The minimum Gasteiger partial charge on any atom is -0.497 e. The van der Waals surface area contributed by atoms with E-state index in [0.29, 0.717) is 5.75 Å². The number of amides is 2. The molecule has 3 aromatic carbocycles. The van der Waals surface area contributed by atoms with Crippen molar-refractivity contribution < 1.29 is 24.4 Å². The van der Waals surface area contributed by atoms with Crippen LogP contribution in [0.5, 0.6) is 5.75 Å². The van der Waals surface area contributed by atoms with E-state index in [1.807, 2.05) is 85.8 Å². The lowest BCUT2D eigenvalue weighted by Gasteiger charge is -2.22. The maximum absolute atomic E-state index is 12.7. The van der Waals surface area contributed by atoms with Crippen LogP contribution in [0.1, 0.15) is 31.0 Å². The zero-order valence-electron chi connectivity index (χ0n) is 20.1. The van der Waals surface area contributed by atoms with E-state index in [4.69, 9.17) is 4.74 Å². The third-order valence-electron chi connectivity index (χ3n) is 5.94. The largest absolute Gasteiger partial charge is 0.497 e. The number of rotatable bonds is 10. The van der Waals surface area contributed by atoms with Crippen LogP contribution in [0, 0.1) is 5.92 Å². The van der Waals surface area contributed by atoms with Gasteiger partial charge < -0.3 is 25.4 Å². The molecule has 0 aliphatic carbocycles. The molecule has 7 nitrogen and oxygen atoms in total. The van der Waals surface area contributed by atoms with Gasteiger partial charge in [-0.3, -0.25) is 9.59 Å². The minimum atomic E-state index is -1.78. The summed E-state index contributed by atoms with van der Waals surface area (Å²) in [5.41, 5.74) is 3.78. The van der Waals surface area contributed by atoms with Crippen LogP contribution in [0.3, 0.4) is 0 Å². The molecule has 0 aromatic heterocycles. The summed E-state index contributed by atoms with van der Waals surface area (Å²) in [6.45, 7) is 3.30. The Morgan fingerprint density at radius 1 is 0.857 bits per heavy atom. The molecule has 0 aliphatic heterocycles. The second kappa shape index (κ2) is 12.2. The van der Waals surface area contributed by atoms with Crippen molar-refractivity contribution in [2.75, 3.05) is 7.11 Å². The number of hydrogen-bond acceptors (Lipinski definition) is 5. The Morgan fingerprint density at radius 2 is 1.49 bits per heavy atom. The molecule has 3 rings (SSSR count). The molecule has 35 heavy (non-hydrogen) atoms. The predicted octanol–water partition coefficient (Wildman–Crippen LogP) is 2.92. The number of ether oxygens (including phenoxy) is 1. The Hall–Kier alpha value is -3.62. The van der Waals surface area contributed by atoms with Gasteiger partial charge in [-0.1, -0.05) is 66.7 Å². The van der Waals surface area contributed by atoms with E-state index in [1.54, 1.807) is 7.11 Å². The van der Waals surface area contributed by atoms with Crippen molar-refractivity contribution in [3.05, 3.63) is 90.0 Å². The topological polar surface area (TPSA) is 108 Å². The van der Waals surface area contributed by atoms with E-state index >= 15 is 0 Å². The SMILES string of the molecule is COc1cccc(C(C)NC(=O)C(C)C(=O)N[C@@H](Cc2ccc(-c3ccccc3)cc2)B(O)O)c1. The van der Waals surface area contributed by atoms with Crippen molar-refractivity contribution in [1.29, 1.82) is 0 Å². The smallest absolute Gasteiger partial charge is 0.475 e. The van der Waals surface area contributed by atoms with Gasteiger partial charge in [0.25, 0.3) is 0 Å². The van der Waals surface area contributed by atoms with E-state index < -0.39 is 30.8 Å². The van der Waals surface area contributed by atoms with Gasteiger partial charge in [0.15, 0.2) is 0 Å². The third kappa shape index (κ3) is 7.18. The molecule has 0 bridgehead atoms. The highest BCUT2D eigenvalue weighted by Crippen LogP contribution is 2.21. The molecule has 182 valence electrons. The van der Waals surface area contributed by atoms with Crippen LogP contribution >= 0.6 is 0 Å². The zero-order valence-corrected chi connectivity index (χ0v) is 20.1. The first-order chi connectivity index (χ1) is 16.8. The van der Waals surface area contributed by atoms with Crippen LogP contribution in [-0.2, 0) is 16.0 Å². The number of carbonyl (C=O) groups is 2. The normalized spacial score (nSPS) is 13.3. The standard InChI is InChI=1S/C27H31BN2O5/c1-18(26(31)29-19(2)23-10-7-11-24(17-23)35-3)27(32)30-25(28(33)34)16-20-12-14-22(15-13-20)21-8-5-4-6-9-21/h4-15,17-19,25,33-34H,16H2,1-3H3,(H,29,31)(H,30,32)/t18?,19?,25-/m0/s1. The van der Waals surface area contributed by atoms with E-state index in [9.17, 15) is 19.6 Å². The molecule has 0 fully saturated rings. The van der Waals surface area contributed by atoms with Crippen molar-refractivity contribution >= 4 is 18.9 Å². The first-order valence-corrected chi connectivity index (χ1v) is 11.5. The fraction of sp³-hybridized carbons (Fsp3) is 0.259. The fourth-order valence-corrected chi connectivity index (χ4v) is 3.71. The molecular weight excluding hydrogens is 443 g/mol. The van der Waals surface area contributed by atoms with Crippen molar-refractivity contribution in [1.82, 2.24) is 10.6 Å². The summed E-state index contributed by atoms with van der Waals surface area (Å²) in [6.07, 6.45) is 0.201. The second-order valence-electron chi connectivity index (χ2n) is 8.52. The Morgan fingerprint density at radius 3 is 2.11 bits per heavy atom. The fourth-order valence-electron chi connectivity index (χ4n) is 3.71. The van der Waals surface area contributed by atoms with Crippen LogP contribution in [0.15, 0.2) is 78.9 Å². The average molecular weight is 474 g/mol. The van der Waals surface area contributed by atoms with Gasteiger partial charge in [0.1, 0.15) is 11.7 Å². The zero-order chi connectivity index (χ0) is 25.4. The van der Waals surface area contributed by atoms with E-state index in [-0.39, 0.29) is 12.5 Å². The summed E-state index contributed by atoms with van der Waals surface area (Å²) >= 11 is 0. The Kier molecular flexibility index (Phi) is 9.06. The van der Waals surface area contributed by atoms with E-state index in [2.05, 4.69) is 10.6 Å². The lowest BCUT2D eigenvalue weighted by Crippen LogP contribution is -2.51. The van der Waals surface area contributed by atoms with Crippen LogP contribution in [-0.4, -0.2) is 42.0 Å².